The van der Waals surface area contributed by atoms with Crippen molar-refractivity contribution >= 4 is 10.9 Å². The minimum atomic E-state index is 0.585. The molecule has 1 atom stereocenters. The fraction of sp³-hybridized carbons (Fsp3) is 0.333. The molecule has 0 N–H and O–H groups in total. The van der Waals surface area contributed by atoms with Crippen LogP contribution in [0.15, 0.2) is 42.9 Å². The smallest absolute Gasteiger partial charge is 0.140 e. The Morgan fingerprint density at radius 1 is 1.23 bits per heavy atom. The van der Waals surface area contributed by atoms with Crippen molar-refractivity contribution < 1.29 is 4.74 Å². The maximum absolute atomic E-state index is 5.50. The van der Waals surface area contributed by atoms with Crippen molar-refractivity contribution in [1.82, 2.24) is 14.5 Å². The van der Waals surface area contributed by atoms with Gasteiger partial charge in [0.05, 0.1) is 12.1 Å². The number of ether oxygens (including phenoxy) is 1. The minimum absolute atomic E-state index is 0.585. The van der Waals surface area contributed by atoms with Gasteiger partial charge >= 0.3 is 0 Å². The average Bonchev–Trinajstić information content (AvgIpc) is 3.20. The second kappa shape index (κ2) is 5.54. The van der Waals surface area contributed by atoms with E-state index in [2.05, 4.69) is 45.9 Å². The van der Waals surface area contributed by atoms with Crippen LogP contribution in [-0.2, 0) is 11.3 Å². The SMILES string of the molecule is Cc1ccc2ncccc2c1-c1nccn1CC1CCOC1. The maximum Gasteiger partial charge on any atom is 0.140 e. The number of imidazole rings is 1. The highest BCUT2D eigenvalue weighted by Gasteiger charge is 2.19. The average molecular weight is 293 g/mol. The van der Waals surface area contributed by atoms with Crippen LogP contribution in [0, 0.1) is 12.8 Å². The van der Waals surface area contributed by atoms with Gasteiger partial charge in [0.15, 0.2) is 0 Å². The number of aryl methyl sites for hydroxylation is 1. The number of aromatic nitrogens is 3. The van der Waals surface area contributed by atoms with Crippen LogP contribution in [-0.4, -0.2) is 27.7 Å². The lowest BCUT2D eigenvalue weighted by atomic mass is 10.0. The van der Waals surface area contributed by atoms with Gasteiger partial charge in [-0.3, -0.25) is 4.98 Å². The summed E-state index contributed by atoms with van der Waals surface area (Å²) in [6, 6.07) is 8.32. The number of fused-ring (bicyclic) bond motifs is 1. The zero-order chi connectivity index (χ0) is 14.9. The second-order valence-electron chi connectivity index (χ2n) is 5.96. The molecule has 1 aliphatic rings. The summed E-state index contributed by atoms with van der Waals surface area (Å²) in [5.74, 6) is 1.62. The second-order valence-corrected chi connectivity index (χ2v) is 5.96. The molecule has 4 heteroatoms. The Hall–Kier alpha value is -2.20. The van der Waals surface area contributed by atoms with Gasteiger partial charge in [0, 0.05) is 48.6 Å². The predicted octanol–water partition coefficient (Wildman–Crippen LogP) is 3.44. The van der Waals surface area contributed by atoms with E-state index in [-0.39, 0.29) is 0 Å². The molecule has 0 amide bonds. The molecule has 2 aromatic heterocycles. The molecule has 1 aromatic carbocycles. The molecule has 1 fully saturated rings. The summed E-state index contributed by atoms with van der Waals surface area (Å²) >= 11 is 0. The van der Waals surface area contributed by atoms with E-state index in [4.69, 9.17) is 4.74 Å². The fourth-order valence-corrected chi connectivity index (χ4v) is 3.25. The van der Waals surface area contributed by atoms with Crippen LogP contribution in [0.3, 0.4) is 0 Å². The first-order chi connectivity index (χ1) is 10.8. The summed E-state index contributed by atoms with van der Waals surface area (Å²) < 4.78 is 7.76. The van der Waals surface area contributed by atoms with E-state index in [1.54, 1.807) is 0 Å². The van der Waals surface area contributed by atoms with Crippen LogP contribution >= 0.6 is 0 Å². The van der Waals surface area contributed by atoms with E-state index in [0.717, 1.165) is 42.9 Å². The molecular weight excluding hydrogens is 274 g/mol. The van der Waals surface area contributed by atoms with Gasteiger partial charge in [-0.15, -0.1) is 0 Å². The molecule has 4 rings (SSSR count). The van der Waals surface area contributed by atoms with E-state index < -0.39 is 0 Å². The first-order valence-corrected chi connectivity index (χ1v) is 7.76. The Bertz CT molecular complexity index is 803. The first kappa shape index (κ1) is 13.5. The summed E-state index contributed by atoms with van der Waals surface area (Å²) in [6.45, 7) is 4.84. The highest BCUT2D eigenvalue weighted by atomic mass is 16.5. The summed E-state index contributed by atoms with van der Waals surface area (Å²) in [6.07, 6.45) is 6.93. The van der Waals surface area contributed by atoms with Crippen LogP contribution < -0.4 is 0 Å². The summed E-state index contributed by atoms with van der Waals surface area (Å²) in [7, 11) is 0. The number of nitrogens with zero attached hydrogens (tertiary/aromatic N) is 3. The highest BCUT2D eigenvalue weighted by molar-refractivity contribution is 5.94. The quantitative estimate of drug-likeness (QED) is 0.742. The monoisotopic (exact) mass is 293 g/mol. The molecule has 1 aliphatic heterocycles. The number of hydrogen-bond donors (Lipinski definition) is 0. The van der Waals surface area contributed by atoms with Crippen LogP contribution in [0.4, 0.5) is 0 Å². The van der Waals surface area contributed by atoms with Crippen molar-refractivity contribution in [1.29, 1.82) is 0 Å². The van der Waals surface area contributed by atoms with Gasteiger partial charge in [0.2, 0.25) is 0 Å². The molecule has 0 radical (unpaired) electrons. The Morgan fingerprint density at radius 3 is 3.05 bits per heavy atom. The molecule has 22 heavy (non-hydrogen) atoms. The third-order valence-corrected chi connectivity index (χ3v) is 4.41. The number of benzene rings is 1. The van der Waals surface area contributed by atoms with Gasteiger partial charge in [-0.05, 0) is 31.0 Å². The van der Waals surface area contributed by atoms with Gasteiger partial charge in [0.1, 0.15) is 5.82 Å². The number of hydrogen-bond acceptors (Lipinski definition) is 3. The third kappa shape index (κ3) is 2.29. The lowest BCUT2D eigenvalue weighted by molar-refractivity contribution is 0.182. The summed E-state index contributed by atoms with van der Waals surface area (Å²) in [5, 5.41) is 1.16. The summed E-state index contributed by atoms with van der Waals surface area (Å²) in [5.41, 5.74) is 3.44. The molecule has 1 unspecified atom stereocenters. The van der Waals surface area contributed by atoms with Gasteiger partial charge in [-0.2, -0.15) is 0 Å². The highest BCUT2D eigenvalue weighted by Crippen LogP contribution is 2.30. The first-order valence-electron chi connectivity index (χ1n) is 7.76. The van der Waals surface area contributed by atoms with Crippen molar-refractivity contribution in [2.24, 2.45) is 5.92 Å². The van der Waals surface area contributed by atoms with Crippen LogP contribution in [0.2, 0.25) is 0 Å². The standard InChI is InChI=1S/C18H19N3O/c1-13-4-5-16-15(3-2-7-19-16)17(13)18-20-8-9-21(18)11-14-6-10-22-12-14/h2-5,7-9,14H,6,10-12H2,1H3. The van der Waals surface area contributed by atoms with E-state index in [9.17, 15) is 0 Å². The van der Waals surface area contributed by atoms with Gasteiger partial charge in [-0.1, -0.05) is 12.1 Å². The molecule has 0 saturated carbocycles. The van der Waals surface area contributed by atoms with Gasteiger partial charge < -0.3 is 9.30 Å². The van der Waals surface area contributed by atoms with E-state index in [1.807, 2.05) is 18.5 Å². The van der Waals surface area contributed by atoms with Crippen molar-refractivity contribution in [3.05, 3.63) is 48.4 Å². The van der Waals surface area contributed by atoms with E-state index in [1.165, 1.54) is 11.1 Å². The number of rotatable bonds is 3. The normalized spacial score (nSPS) is 18.1. The van der Waals surface area contributed by atoms with Crippen molar-refractivity contribution in [2.45, 2.75) is 19.9 Å². The van der Waals surface area contributed by atoms with Crippen LogP contribution in [0.5, 0.6) is 0 Å². The van der Waals surface area contributed by atoms with Crippen LogP contribution in [0.25, 0.3) is 22.3 Å². The molecular formula is C18H19N3O. The summed E-state index contributed by atoms with van der Waals surface area (Å²) in [4.78, 5) is 9.10. The molecule has 112 valence electrons. The topological polar surface area (TPSA) is 39.9 Å². The molecule has 0 spiro atoms. The molecule has 0 bridgehead atoms. The third-order valence-electron chi connectivity index (χ3n) is 4.41. The Balaban J connectivity index is 1.82. The molecule has 0 aliphatic carbocycles. The zero-order valence-electron chi connectivity index (χ0n) is 12.7. The van der Waals surface area contributed by atoms with E-state index in [0.29, 0.717) is 5.92 Å². The minimum Gasteiger partial charge on any atom is -0.381 e. The molecule has 1 saturated heterocycles. The largest absolute Gasteiger partial charge is 0.381 e. The van der Waals surface area contributed by atoms with Crippen molar-refractivity contribution in [3.63, 3.8) is 0 Å². The molecule has 3 heterocycles. The fourth-order valence-electron chi connectivity index (χ4n) is 3.25. The lowest BCUT2D eigenvalue weighted by Crippen LogP contribution is -2.11. The van der Waals surface area contributed by atoms with Crippen molar-refractivity contribution in [3.8, 4) is 11.4 Å². The van der Waals surface area contributed by atoms with Gasteiger partial charge in [-0.25, -0.2) is 4.98 Å². The number of pyridine rings is 1. The lowest BCUT2D eigenvalue weighted by Gasteiger charge is -2.15. The maximum atomic E-state index is 5.50. The van der Waals surface area contributed by atoms with Crippen molar-refractivity contribution in [2.75, 3.05) is 13.2 Å². The van der Waals surface area contributed by atoms with Gasteiger partial charge in [0.25, 0.3) is 0 Å². The molecule has 4 nitrogen and oxygen atoms in total. The van der Waals surface area contributed by atoms with E-state index >= 15 is 0 Å². The zero-order valence-corrected chi connectivity index (χ0v) is 12.7. The van der Waals surface area contributed by atoms with Crippen LogP contribution in [0.1, 0.15) is 12.0 Å². The molecule has 3 aromatic rings. The predicted molar refractivity (Wildman–Crippen MR) is 86.6 cm³/mol. The Morgan fingerprint density at radius 2 is 2.18 bits per heavy atom. The Kier molecular flexibility index (Phi) is 3.39. The Labute approximate surface area is 129 Å².